The van der Waals surface area contributed by atoms with E-state index in [1.165, 1.54) is 0 Å². The lowest BCUT2D eigenvalue weighted by molar-refractivity contribution is -0.147. The summed E-state index contributed by atoms with van der Waals surface area (Å²) in [7, 11) is 0. The van der Waals surface area contributed by atoms with Crippen LogP contribution in [0.1, 0.15) is 19.3 Å². The summed E-state index contributed by atoms with van der Waals surface area (Å²) >= 11 is 1.68. The summed E-state index contributed by atoms with van der Waals surface area (Å²) in [5.41, 5.74) is 5.97. The molecule has 2 N–H and O–H groups in total. The standard InChI is InChI=1S/C14H25N3O3S/c1-21-10-4-11(15)13(18)17-5-2-3-12(17)14(19)16-6-8-20-9-7-16/h11-12H,2-10,15H2,1H3/t11-,12?/m0/s1. The van der Waals surface area contributed by atoms with Crippen LogP contribution in [0.5, 0.6) is 0 Å². The first-order chi connectivity index (χ1) is 10.1. The van der Waals surface area contributed by atoms with Gasteiger partial charge in [0.15, 0.2) is 0 Å². The summed E-state index contributed by atoms with van der Waals surface area (Å²) in [5.74, 6) is 0.845. The number of hydrogen-bond acceptors (Lipinski definition) is 5. The van der Waals surface area contributed by atoms with Crippen molar-refractivity contribution in [1.82, 2.24) is 9.80 Å². The van der Waals surface area contributed by atoms with Gasteiger partial charge in [0.05, 0.1) is 19.3 Å². The van der Waals surface area contributed by atoms with E-state index in [1.807, 2.05) is 11.2 Å². The van der Waals surface area contributed by atoms with Crippen LogP contribution >= 0.6 is 11.8 Å². The summed E-state index contributed by atoms with van der Waals surface area (Å²) in [4.78, 5) is 28.5. The molecule has 7 heteroatoms. The number of amides is 2. The molecule has 1 unspecified atom stereocenters. The Balaban J connectivity index is 1.95. The minimum absolute atomic E-state index is 0.0567. The lowest BCUT2D eigenvalue weighted by atomic mass is 10.1. The van der Waals surface area contributed by atoms with Gasteiger partial charge in [0.1, 0.15) is 6.04 Å². The number of rotatable bonds is 5. The first-order valence-corrected chi connectivity index (χ1v) is 8.96. The zero-order valence-corrected chi connectivity index (χ0v) is 13.4. The molecule has 0 saturated carbocycles. The zero-order chi connectivity index (χ0) is 15.2. The van der Waals surface area contributed by atoms with Gasteiger partial charge in [0, 0.05) is 19.6 Å². The number of carbonyl (C=O) groups excluding carboxylic acids is 2. The molecule has 2 fully saturated rings. The number of morpholine rings is 1. The second kappa shape index (κ2) is 8.00. The Morgan fingerprint density at radius 2 is 2.05 bits per heavy atom. The molecular weight excluding hydrogens is 290 g/mol. The third kappa shape index (κ3) is 4.11. The Bertz CT molecular complexity index is 374. The predicted molar refractivity (Wildman–Crippen MR) is 83.1 cm³/mol. The van der Waals surface area contributed by atoms with E-state index in [2.05, 4.69) is 0 Å². The van der Waals surface area contributed by atoms with Crippen LogP contribution in [0, 0.1) is 0 Å². The van der Waals surface area contributed by atoms with Crippen LogP contribution in [0.2, 0.25) is 0 Å². The fourth-order valence-corrected chi connectivity index (χ4v) is 3.35. The number of thioether (sulfide) groups is 1. The molecule has 2 aliphatic heterocycles. The first-order valence-electron chi connectivity index (χ1n) is 7.56. The van der Waals surface area contributed by atoms with Gasteiger partial charge < -0.3 is 20.3 Å². The summed E-state index contributed by atoms with van der Waals surface area (Å²) in [6, 6.07) is -0.813. The van der Waals surface area contributed by atoms with Crippen LogP contribution in [0.3, 0.4) is 0 Å². The van der Waals surface area contributed by atoms with Crippen LogP contribution in [0.4, 0.5) is 0 Å². The molecule has 0 aromatic rings. The molecule has 120 valence electrons. The second-order valence-electron chi connectivity index (χ2n) is 5.52. The van der Waals surface area contributed by atoms with Crippen molar-refractivity contribution < 1.29 is 14.3 Å². The van der Waals surface area contributed by atoms with E-state index < -0.39 is 6.04 Å². The van der Waals surface area contributed by atoms with Gasteiger partial charge in [-0.2, -0.15) is 11.8 Å². The van der Waals surface area contributed by atoms with Crippen LogP contribution in [-0.2, 0) is 14.3 Å². The Kier molecular flexibility index (Phi) is 6.32. The second-order valence-corrected chi connectivity index (χ2v) is 6.50. The van der Waals surface area contributed by atoms with Crippen molar-refractivity contribution in [3.05, 3.63) is 0 Å². The van der Waals surface area contributed by atoms with E-state index in [1.54, 1.807) is 16.7 Å². The highest BCUT2D eigenvalue weighted by Gasteiger charge is 2.38. The van der Waals surface area contributed by atoms with Gasteiger partial charge >= 0.3 is 0 Å². The van der Waals surface area contributed by atoms with Gasteiger partial charge in [-0.3, -0.25) is 9.59 Å². The molecule has 2 aliphatic rings. The monoisotopic (exact) mass is 315 g/mol. The normalized spacial score (nSPS) is 24.2. The molecule has 2 saturated heterocycles. The van der Waals surface area contributed by atoms with E-state index in [0.717, 1.165) is 18.6 Å². The van der Waals surface area contributed by atoms with Crippen LogP contribution in [-0.4, -0.2) is 78.6 Å². The predicted octanol–water partition coefficient (Wildman–Crippen LogP) is -0.0834. The van der Waals surface area contributed by atoms with Gasteiger partial charge in [0.2, 0.25) is 11.8 Å². The maximum Gasteiger partial charge on any atom is 0.245 e. The van der Waals surface area contributed by atoms with Crippen LogP contribution in [0.15, 0.2) is 0 Å². The zero-order valence-electron chi connectivity index (χ0n) is 12.6. The quantitative estimate of drug-likeness (QED) is 0.768. The maximum absolute atomic E-state index is 12.6. The van der Waals surface area contributed by atoms with Gasteiger partial charge in [-0.15, -0.1) is 0 Å². The van der Waals surface area contributed by atoms with Crippen molar-refractivity contribution >= 4 is 23.6 Å². The summed E-state index contributed by atoms with van der Waals surface area (Å²) in [6.45, 7) is 3.05. The maximum atomic E-state index is 12.6. The molecule has 2 rings (SSSR count). The Hall–Kier alpha value is -0.790. The molecule has 0 bridgehead atoms. The molecule has 0 aliphatic carbocycles. The largest absolute Gasteiger partial charge is 0.378 e. The highest BCUT2D eigenvalue weighted by Crippen LogP contribution is 2.21. The summed E-state index contributed by atoms with van der Waals surface area (Å²) < 4.78 is 5.27. The van der Waals surface area contributed by atoms with Crippen molar-refractivity contribution in [2.45, 2.75) is 31.3 Å². The molecule has 0 aromatic heterocycles. The highest BCUT2D eigenvalue weighted by molar-refractivity contribution is 7.98. The molecule has 2 heterocycles. The van der Waals surface area contributed by atoms with Gasteiger partial charge in [-0.25, -0.2) is 0 Å². The van der Waals surface area contributed by atoms with E-state index in [4.69, 9.17) is 10.5 Å². The lowest BCUT2D eigenvalue weighted by Crippen LogP contribution is -2.54. The molecule has 2 atom stereocenters. The number of likely N-dealkylation sites (tertiary alicyclic amines) is 1. The van der Waals surface area contributed by atoms with Crippen molar-refractivity contribution in [3.8, 4) is 0 Å². The van der Waals surface area contributed by atoms with Crippen molar-refractivity contribution in [1.29, 1.82) is 0 Å². The number of carbonyl (C=O) groups is 2. The molecule has 6 nitrogen and oxygen atoms in total. The van der Waals surface area contributed by atoms with Gasteiger partial charge in [0.25, 0.3) is 0 Å². The van der Waals surface area contributed by atoms with Gasteiger partial charge in [-0.05, 0) is 31.3 Å². The van der Waals surface area contributed by atoms with Crippen molar-refractivity contribution in [2.24, 2.45) is 5.73 Å². The van der Waals surface area contributed by atoms with E-state index >= 15 is 0 Å². The highest BCUT2D eigenvalue weighted by atomic mass is 32.2. The minimum atomic E-state index is -0.490. The molecule has 0 spiro atoms. The van der Waals surface area contributed by atoms with E-state index in [9.17, 15) is 9.59 Å². The lowest BCUT2D eigenvalue weighted by Gasteiger charge is -2.33. The van der Waals surface area contributed by atoms with E-state index in [-0.39, 0.29) is 17.9 Å². The topological polar surface area (TPSA) is 75.9 Å². The average Bonchev–Trinajstić information content (AvgIpc) is 3.01. The third-order valence-corrected chi connectivity index (χ3v) is 4.74. The summed E-state index contributed by atoms with van der Waals surface area (Å²) in [5, 5.41) is 0. The number of ether oxygens (including phenoxy) is 1. The summed E-state index contributed by atoms with van der Waals surface area (Å²) in [6.07, 6.45) is 4.28. The SMILES string of the molecule is CSCC[C@H](N)C(=O)N1CCCC1C(=O)N1CCOCC1. The van der Waals surface area contributed by atoms with Crippen LogP contribution < -0.4 is 5.73 Å². The van der Waals surface area contributed by atoms with Crippen molar-refractivity contribution in [2.75, 3.05) is 44.9 Å². The Morgan fingerprint density at radius 3 is 2.71 bits per heavy atom. The minimum Gasteiger partial charge on any atom is -0.378 e. The number of hydrogen-bond donors (Lipinski definition) is 1. The fraction of sp³-hybridized carbons (Fsp3) is 0.857. The van der Waals surface area contributed by atoms with Gasteiger partial charge in [-0.1, -0.05) is 0 Å². The fourth-order valence-electron chi connectivity index (χ4n) is 2.86. The number of nitrogens with zero attached hydrogens (tertiary/aromatic N) is 2. The van der Waals surface area contributed by atoms with Crippen LogP contribution in [0.25, 0.3) is 0 Å². The Morgan fingerprint density at radius 1 is 1.33 bits per heavy atom. The average molecular weight is 315 g/mol. The Labute approximate surface area is 130 Å². The molecular formula is C14H25N3O3S. The van der Waals surface area contributed by atoms with Crippen molar-refractivity contribution in [3.63, 3.8) is 0 Å². The molecule has 0 radical (unpaired) electrons. The molecule has 21 heavy (non-hydrogen) atoms. The number of nitrogens with two attached hydrogens (primary N) is 1. The molecule has 0 aromatic carbocycles. The smallest absolute Gasteiger partial charge is 0.245 e. The third-order valence-electron chi connectivity index (χ3n) is 4.09. The van der Waals surface area contributed by atoms with E-state index in [0.29, 0.717) is 39.3 Å². The first kappa shape index (κ1) is 16.6. The molecule has 2 amide bonds.